The number of hydrogen-bond acceptors (Lipinski definition) is 3. The highest BCUT2D eigenvalue weighted by Crippen LogP contribution is 2.32. The summed E-state index contributed by atoms with van der Waals surface area (Å²) in [5.41, 5.74) is 2.59. The molecule has 0 saturated heterocycles. The third-order valence-corrected chi connectivity index (χ3v) is 3.08. The first-order valence-electron chi connectivity index (χ1n) is 6.07. The highest BCUT2D eigenvalue weighted by molar-refractivity contribution is 7.62. The fourth-order valence-electron chi connectivity index (χ4n) is 1.89. The van der Waals surface area contributed by atoms with E-state index in [9.17, 15) is 13.2 Å². The molecular formula is C13H18N2O3S. The summed E-state index contributed by atoms with van der Waals surface area (Å²) in [5, 5.41) is 2.57. The monoisotopic (exact) mass is 282 g/mol. The van der Waals surface area contributed by atoms with E-state index in [2.05, 4.69) is 9.68 Å². The van der Waals surface area contributed by atoms with Gasteiger partial charge in [0.25, 0.3) is 0 Å². The molecule has 2 amide bonds. The molecule has 1 aromatic rings. The molecule has 0 bridgehead atoms. The van der Waals surface area contributed by atoms with E-state index in [1.54, 1.807) is 0 Å². The Morgan fingerprint density at radius 3 is 1.95 bits per heavy atom. The van der Waals surface area contributed by atoms with Crippen molar-refractivity contribution >= 4 is 22.2 Å². The van der Waals surface area contributed by atoms with E-state index < -0.39 is 16.5 Å². The summed E-state index contributed by atoms with van der Waals surface area (Å²) < 4.78 is 23.8. The normalized spacial score (nSPS) is 10.6. The number of hydrogen-bond donors (Lipinski definition) is 1. The van der Waals surface area contributed by atoms with Crippen LogP contribution in [0.15, 0.2) is 22.6 Å². The number of para-hydroxylation sites is 1. The van der Waals surface area contributed by atoms with E-state index in [4.69, 9.17) is 0 Å². The Hall–Kier alpha value is -1.69. The topological polar surface area (TPSA) is 75.6 Å². The van der Waals surface area contributed by atoms with E-state index in [0.29, 0.717) is 5.69 Å². The molecule has 0 fully saturated rings. The molecule has 0 unspecified atom stereocenters. The summed E-state index contributed by atoms with van der Waals surface area (Å²) in [6.07, 6.45) is 0. The number of nitrogens with one attached hydrogen (secondary N) is 1. The van der Waals surface area contributed by atoms with Gasteiger partial charge in [0, 0.05) is 5.69 Å². The van der Waals surface area contributed by atoms with Crippen LogP contribution < -0.4 is 5.32 Å². The predicted octanol–water partition coefficient (Wildman–Crippen LogP) is 3.53. The lowest BCUT2D eigenvalue weighted by Crippen LogP contribution is -2.12. The fourth-order valence-corrected chi connectivity index (χ4v) is 2.07. The molecule has 0 aliphatic heterocycles. The van der Waals surface area contributed by atoms with Crippen LogP contribution in [0.1, 0.15) is 50.7 Å². The minimum atomic E-state index is -2.74. The van der Waals surface area contributed by atoms with Crippen LogP contribution in [0.4, 0.5) is 10.5 Å². The molecule has 19 heavy (non-hydrogen) atoms. The summed E-state index contributed by atoms with van der Waals surface area (Å²) in [6.45, 7) is 8.05. The lowest BCUT2D eigenvalue weighted by atomic mass is 9.93. The van der Waals surface area contributed by atoms with Crippen molar-refractivity contribution in [1.82, 2.24) is 0 Å². The Kier molecular flexibility index (Phi) is 5.23. The maximum atomic E-state index is 11.5. The van der Waals surface area contributed by atoms with E-state index in [1.165, 1.54) is 0 Å². The molecule has 0 radical (unpaired) electrons. The van der Waals surface area contributed by atoms with Gasteiger partial charge in [-0.1, -0.05) is 50.3 Å². The first-order valence-corrected chi connectivity index (χ1v) is 7.11. The minimum absolute atomic E-state index is 0.215. The third kappa shape index (κ3) is 4.17. The van der Waals surface area contributed by atoms with Gasteiger partial charge in [0.2, 0.25) is 0 Å². The van der Waals surface area contributed by atoms with Crippen molar-refractivity contribution in [2.75, 3.05) is 5.32 Å². The molecule has 0 aliphatic rings. The van der Waals surface area contributed by atoms with Crippen molar-refractivity contribution in [3.05, 3.63) is 29.3 Å². The molecule has 104 valence electrons. The van der Waals surface area contributed by atoms with Crippen molar-refractivity contribution in [3.63, 3.8) is 0 Å². The molecule has 6 heteroatoms. The van der Waals surface area contributed by atoms with E-state index >= 15 is 0 Å². The molecule has 0 aliphatic carbocycles. The van der Waals surface area contributed by atoms with Crippen molar-refractivity contribution in [1.29, 1.82) is 0 Å². The van der Waals surface area contributed by atoms with Gasteiger partial charge in [-0.05, 0) is 23.0 Å². The van der Waals surface area contributed by atoms with Crippen molar-refractivity contribution in [2.24, 2.45) is 4.36 Å². The Labute approximate surface area is 114 Å². The molecule has 5 nitrogen and oxygen atoms in total. The van der Waals surface area contributed by atoms with Crippen LogP contribution in [0, 0.1) is 0 Å². The van der Waals surface area contributed by atoms with Crippen LogP contribution in [-0.2, 0) is 10.5 Å². The molecule has 1 N–H and O–H groups in total. The summed E-state index contributed by atoms with van der Waals surface area (Å²) in [4.78, 5) is 11.5. The Bertz CT molecular complexity index is 570. The van der Waals surface area contributed by atoms with Crippen molar-refractivity contribution in [3.8, 4) is 0 Å². The summed E-state index contributed by atoms with van der Waals surface area (Å²) in [6, 6.07) is 4.90. The number of urea groups is 1. The fraction of sp³-hybridized carbons (Fsp3) is 0.462. The van der Waals surface area contributed by atoms with Gasteiger partial charge in [-0.3, -0.25) is 0 Å². The van der Waals surface area contributed by atoms with Gasteiger partial charge in [-0.25, -0.2) is 4.79 Å². The number of rotatable bonds is 3. The number of nitrogens with zero attached hydrogens (tertiary/aromatic N) is 1. The smallest absolute Gasteiger partial charge is 0.305 e. The Morgan fingerprint density at radius 1 is 1.11 bits per heavy atom. The zero-order chi connectivity index (χ0) is 14.6. The summed E-state index contributed by atoms with van der Waals surface area (Å²) in [7, 11) is -2.74. The maximum Gasteiger partial charge on any atom is 0.360 e. The van der Waals surface area contributed by atoms with Gasteiger partial charge < -0.3 is 5.32 Å². The van der Waals surface area contributed by atoms with E-state index in [1.807, 2.05) is 45.9 Å². The molecule has 1 rings (SSSR count). The molecule has 0 saturated carbocycles. The van der Waals surface area contributed by atoms with Crippen LogP contribution in [-0.4, -0.2) is 14.4 Å². The second kappa shape index (κ2) is 6.47. The number of carbonyl (C=O) groups is 1. The van der Waals surface area contributed by atoms with Crippen LogP contribution in [0.3, 0.4) is 0 Å². The van der Waals surface area contributed by atoms with Crippen molar-refractivity contribution in [2.45, 2.75) is 39.5 Å². The summed E-state index contributed by atoms with van der Waals surface area (Å²) in [5.74, 6) is 0.429. The SMILES string of the molecule is CC(C)c1cccc(C(C)C)c1NC(=O)N=S(=O)=O. The molecule has 1 aromatic carbocycles. The highest BCUT2D eigenvalue weighted by atomic mass is 32.2. The van der Waals surface area contributed by atoms with Crippen LogP contribution in [0.2, 0.25) is 0 Å². The Morgan fingerprint density at radius 2 is 1.58 bits per heavy atom. The average molecular weight is 282 g/mol. The predicted molar refractivity (Wildman–Crippen MR) is 75.0 cm³/mol. The number of carbonyl (C=O) groups excluding carboxylic acids is 1. The van der Waals surface area contributed by atoms with Crippen LogP contribution >= 0.6 is 0 Å². The van der Waals surface area contributed by atoms with Gasteiger partial charge in [-0.15, -0.1) is 0 Å². The second-order valence-electron chi connectivity index (χ2n) is 4.86. The van der Waals surface area contributed by atoms with E-state index in [0.717, 1.165) is 11.1 Å². The second-order valence-corrected chi connectivity index (χ2v) is 5.48. The zero-order valence-corrected chi connectivity index (χ0v) is 12.3. The lowest BCUT2D eigenvalue weighted by Gasteiger charge is -2.18. The molecule has 0 spiro atoms. The standard InChI is InChI=1S/C13H18N2O3S/c1-8(2)10-6-5-7-11(9(3)4)12(10)14-13(16)15-19(17)18/h5-9H,1-4H3,(H,14,16). The summed E-state index contributed by atoms with van der Waals surface area (Å²) >= 11 is 0. The molecule has 0 heterocycles. The van der Waals surface area contributed by atoms with E-state index in [-0.39, 0.29) is 11.8 Å². The Balaban J connectivity index is 3.29. The van der Waals surface area contributed by atoms with Gasteiger partial charge >= 0.3 is 16.5 Å². The molecular weight excluding hydrogens is 264 g/mol. The van der Waals surface area contributed by atoms with Gasteiger partial charge in [0.15, 0.2) is 0 Å². The number of benzene rings is 1. The number of amides is 2. The largest absolute Gasteiger partial charge is 0.360 e. The molecule has 0 aromatic heterocycles. The van der Waals surface area contributed by atoms with Gasteiger partial charge in [0.05, 0.1) is 0 Å². The lowest BCUT2D eigenvalue weighted by molar-refractivity contribution is 0.260. The third-order valence-electron chi connectivity index (χ3n) is 2.76. The first kappa shape index (κ1) is 15.4. The van der Waals surface area contributed by atoms with Crippen molar-refractivity contribution < 1.29 is 13.2 Å². The van der Waals surface area contributed by atoms with Gasteiger partial charge in [0.1, 0.15) is 0 Å². The molecule has 0 atom stereocenters. The zero-order valence-electron chi connectivity index (χ0n) is 11.5. The number of anilines is 1. The maximum absolute atomic E-state index is 11.5. The quantitative estimate of drug-likeness (QED) is 0.921. The van der Waals surface area contributed by atoms with Gasteiger partial charge in [-0.2, -0.15) is 8.42 Å². The van der Waals surface area contributed by atoms with Crippen LogP contribution in [0.5, 0.6) is 0 Å². The minimum Gasteiger partial charge on any atom is -0.305 e. The van der Waals surface area contributed by atoms with Crippen LogP contribution in [0.25, 0.3) is 0 Å². The first-order chi connectivity index (χ1) is 8.82. The average Bonchev–Trinajstić information content (AvgIpc) is 2.27. The highest BCUT2D eigenvalue weighted by Gasteiger charge is 2.15.